The molecule has 2 saturated heterocycles. The third-order valence-corrected chi connectivity index (χ3v) is 4.53. The Hall–Kier alpha value is -1.66. The van der Waals surface area contributed by atoms with Crippen molar-refractivity contribution in [2.75, 3.05) is 19.7 Å². The predicted molar refractivity (Wildman–Crippen MR) is 83.0 cm³/mol. The summed E-state index contributed by atoms with van der Waals surface area (Å²) in [5.74, 6) is -0.167. The molecule has 2 aliphatic heterocycles. The van der Waals surface area contributed by atoms with Crippen molar-refractivity contribution in [3.05, 3.63) is 34.2 Å². The lowest BCUT2D eigenvalue weighted by Crippen LogP contribution is -2.45. The molecule has 3 atom stereocenters. The average Bonchev–Trinajstić information content (AvgIpc) is 2.88. The van der Waals surface area contributed by atoms with Crippen molar-refractivity contribution in [1.82, 2.24) is 14.8 Å². The van der Waals surface area contributed by atoms with Crippen molar-refractivity contribution in [3.63, 3.8) is 0 Å². The average molecular weight is 305 g/mol. The van der Waals surface area contributed by atoms with Crippen LogP contribution in [0.15, 0.2) is 23.1 Å². The summed E-state index contributed by atoms with van der Waals surface area (Å²) in [4.78, 5) is 26.5. The number of nitrogens with one attached hydrogen (secondary N) is 1. The van der Waals surface area contributed by atoms with Gasteiger partial charge in [-0.15, -0.1) is 0 Å². The Morgan fingerprint density at radius 2 is 2.27 bits per heavy atom. The number of aryl methyl sites for hydroxylation is 1. The highest BCUT2D eigenvalue weighted by Crippen LogP contribution is 2.23. The van der Waals surface area contributed by atoms with Gasteiger partial charge in [0.1, 0.15) is 0 Å². The number of carbonyl (C=O) groups is 1. The fourth-order valence-electron chi connectivity index (χ4n) is 3.32. The molecular weight excluding hydrogens is 282 g/mol. The second kappa shape index (κ2) is 6.22. The number of hydrogen-bond acceptors (Lipinski definition) is 4. The van der Waals surface area contributed by atoms with Crippen LogP contribution in [0.5, 0.6) is 0 Å². The van der Waals surface area contributed by atoms with Crippen molar-refractivity contribution in [1.29, 1.82) is 0 Å². The van der Waals surface area contributed by atoms with Gasteiger partial charge in [-0.25, -0.2) is 0 Å². The number of fused-ring (bicyclic) bond motifs is 1. The Balaban J connectivity index is 1.63. The Morgan fingerprint density at radius 1 is 1.45 bits per heavy atom. The van der Waals surface area contributed by atoms with Crippen LogP contribution in [-0.2, 0) is 11.3 Å². The first-order valence-corrected chi connectivity index (χ1v) is 7.94. The summed E-state index contributed by atoms with van der Waals surface area (Å²) in [6.45, 7) is 7.10. The minimum absolute atomic E-state index is 0.125. The molecule has 0 saturated carbocycles. The zero-order valence-electron chi connectivity index (χ0n) is 13.1. The van der Waals surface area contributed by atoms with Crippen LogP contribution in [-0.4, -0.2) is 53.3 Å². The minimum Gasteiger partial charge on any atom is -0.376 e. The van der Waals surface area contributed by atoms with Crippen LogP contribution >= 0.6 is 0 Å². The molecule has 6 heteroatoms. The highest BCUT2D eigenvalue weighted by molar-refractivity contribution is 5.94. The highest BCUT2D eigenvalue weighted by atomic mass is 16.5. The molecule has 22 heavy (non-hydrogen) atoms. The van der Waals surface area contributed by atoms with Crippen LogP contribution in [0, 0.1) is 0 Å². The van der Waals surface area contributed by atoms with Crippen LogP contribution in [0.1, 0.15) is 30.6 Å². The number of amides is 1. The second-order valence-electron chi connectivity index (χ2n) is 6.20. The van der Waals surface area contributed by atoms with E-state index < -0.39 is 0 Å². The molecule has 1 aromatic heterocycles. The van der Waals surface area contributed by atoms with Crippen LogP contribution in [0.4, 0.5) is 0 Å². The molecule has 0 aliphatic carbocycles. The summed E-state index contributed by atoms with van der Waals surface area (Å²) in [5.41, 5.74) is 0.297. The van der Waals surface area contributed by atoms with E-state index in [-0.39, 0.29) is 23.6 Å². The number of aromatic nitrogens is 1. The predicted octanol–water partition coefficient (Wildman–Crippen LogP) is 0.460. The molecule has 3 rings (SSSR count). The maximum absolute atomic E-state index is 12.3. The van der Waals surface area contributed by atoms with E-state index in [1.54, 1.807) is 16.8 Å². The van der Waals surface area contributed by atoms with Gasteiger partial charge in [-0.2, -0.15) is 0 Å². The van der Waals surface area contributed by atoms with Crippen LogP contribution < -0.4 is 10.9 Å². The Bertz CT molecular complexity index is 613. The molecule has 6 nitrogen and oxygen atoms in total. The van der Waals surface area contributed by atoms with Crippen LogP contribution in [0.3, 0.4) is 0 Å². The molecule has 0 unspecified atom stereocenters. The highest BCUT2D eigenvalue weighted by Gasteiger charge is 2.36. The number of carbonyl (C=O) groups excluding carboxylic acids is 1. The third-order valence-electron chi connectivity index (χ3n) is 4.53. The SMILES string of the molecule is CCn1ccc(C(=O)N[C@@H]2C[C@H]3CO[C@H](C)CN3C2)cc1=O. The first-order valence-electron chi connectivity index (χ1n) is 7.94. The first-order chi connectivity index (χ1) is 10.6. The molecule has 1 amide bonds. The maximum Gasteiger partial charge on any atom is 0.251 e. The Labute approximate surface area is 130 Å². The Morgan fingerprint density at radius 3 is 3.00 bits per heavy atom. The quantitative estimate of drug-likeness (QED) is 0.881. The van der Waals surface area contributed by atoms with Gasteiger partial charge in [0, 0.05) is 49.5 Å². The minimum atomic E-state index is -0.167. The summed E-state index contributed by atoms with van der Waals surface area (Å²) in [5, 5.41) is 3.05. The van der Waals surface area contributed by atoms with Gasteiger partial charge in [-0.1, -0.05) is 0 Å². The van der Waals surface area contributed by atoms with E-state index in [0.29, 0.717) is 18.2 Å². The molecule has 120 valence electrons. The van der Waals surface area contributed by atoms with E-state index in [2.05, 4.69) is 17.1 Å². The number of rotatable bonds is 3. The van der Waals surface area contributed by atoms with E-state index in [1.807, 2.05) is 6.92 Å². The standard InChI is InChI=1S/C16H23N3O3/c1-3-18-5-4-12(6-15(18)20)16(21)17-13-7-14-10-22-11(2)8-19(14)9-13/h4-6,11,13-14H,3,7-10H2,1-2H3,(H,17,21)/t11-,13-,14+/m1/s1. The fourth-order valence-corrected chi connectivity index (χ4v) is 3.32. The largest absolute Gasteiger partial charge is 0.376 e. The summed E-state index contributed by atoms with van der Waals surface area (Å²) in [7, 11) is 0. The van der Waals surface area contributed by atoms with Gasteiger partial charge in [-0.05, 0) is 26.3 Å². The normalized spacial score (nSPS) is 28.4. The van der Waals surface area contributed by atoms with Crippen molar-refractivity contribution >= 4 is 5.91 Å². The third kappa shape index (κ3) is 3.08. The van der Waals surface area contributed by atoms with Gasteiger partial charge in [0.05, 0.1) is 12.7 Å². The summed E-state index contributed by atoms with van der Waals surface area (Å²) in [6.07, 6.45) is 2.84. The Kier molecular flexibility index (Phi) is 4.31. The van der Waals surface area contributed by atoms with E-state index in [0.717, 1.165) is 26.1 Å². The lowest BCUT2D eigenvalue weighted by Gasteiger charge is -2.33. The summed E-state index contributed by atoms with van der Waals surface area (Å²) in [6, 6.07) is 3.63. The lowest BCUT2D eigenvalue weighted by molar-refractivity contribution is -0.0390. The van der Waals surface area contributed by atoms with Gasteiger partial charge in [0.25, 0.3) is 11.5 Å². The van der Waals surface area contributed by atoms with E-state index >= 15 is 0 Å². The number of hydrogen-bond donors (Lipinski definition) is 1. The number of morpholine rings is 1. The van der Waals surface area contributed by atoms with Gasteiger partial charge in [-0.3, -0.25) is 14.5 Å². The molecule has 0 bridgehead atoms. The number of ether oxygens (including phenoxy) is 1. The first kappa shape index (κ1) is 15.2. The molecule has 0 aromatic carbocycles. The molecule has 0 spiro atoms. The molecule has 1 aromatic rings. The molecular formula is C16H23N3O3. The van der Waals surface area contributed by atoms with Crippen molar-refractivity contribution in [2.24, 2.45) is 0 Å². The smallest absolute Gasteiger partial charge is 0.251 e. The molecule has 0 radical (unpaired) electrons. The van der Waals surface area contributed by atoms with E-state index in [4.69, 9.17) is 4.74 Å². The molecule has 1 N–H and O–H groups in total. The van der Waals surface area contributed by atoms with E-state index in [9.17, 15) is 9.59 Å². The van der Waals surface area contributed by atoms with Crippen LogP contribution in [0.2, 0.25) is 0 Å². The van der Waals surface area contributed by atoms with E-state index in [1.165, 1.54) is 6.07 Å². The van der Waals surface area contributed by atoms with Crippen molar-refractivity contribution < 1.29 is 9.53 Å². The number of nitrogens with zero attached hydrogens (tertiary/aromatic N) is 2. The van der Waals surface area contributed by atoms with Gasteiger partial charge < -0.3 is 14.6 Å². The summed E-state index contributed by atoms with van der Waals surface area (Å²) < 4.78 is 7.25. The summed E-state index contributed by atoms with van der Waals surface area (Å²) >= 11 is 0. The monoisotopic (exact) mass is 305 g/mol. The molecule has 2 aliphatic rings. The van der Waals surface area contributed by atoms with Crippen LogP contribution in [0.25, 0.3) is 0 Å². The van der Waals surface area contributed by atoms with Crippen molar-refractivity contribution in [2.45, 2.75) is 45.0 Å². The maximum atomic E-state index is 12.3. The fraction of sp³-hybridized carbons (Fsp3) is 0.625. The lowest BCUT2D eigenvalue weighted by atomic mass is 10.1. The van der Waals surface area contributed by atoms with Gasteiger partial charge in [0.15, 0.2) is 0 Å². The topological polar surface area (TPSA) is 63.6 Å². The van der Waals surface area contributed by atoms with Gasteiger partial charge >= 0.3 is 0 Å². The number of pyridine rings is 1. The molecule has 2 fully saturated rings. The zero-order chi connectivity index (χ0) is 15.7. The zero-order valence-corrected chi connectivity index (χ0v) is 13.1. The molecule has 3 heterocycles. The van der Waals surface area contributed by atoms with Crippen molar-refractivity contribution in [3.8, 4) is 0 Å². The van der Waals surface area contributed by atoms with Gasteiger partial charge in [0.2, 0.25) is 0 Å². The second-order valence-corrected chi connectivity index (χ2v) is 6.20.